The Bertz CT molecular complexity index is 236. The Hall–Kier alpha value is -0.470. The largest absolute Gasteiger partial charge is 0.480 e. The van der Waals surface area contributed by atoms with Gasteiger partial charge < -0.3 is 10.8 Å². The fourth-order valence-electron chi connectivity index (χ4n) is 1.77. The molecule has 17 heavy (non-hydrogen) atoms. The number of hydrogen-bond donors (Lipinski definition) is 2. The predicted molar refractivity (Wildman–Crippen MR) is 69.6 cm³/mol. The lowest BCUT2D eigenvalue weighted by Gasteiger charge is -2.21. The van der Waals surface area contributed by atoms with E-state index in [1.165, 1.54) is 25.7 Å². The summed E-state index contributed by atoms with van der Waals surface area (Å²) in [5, 5.41) is 8.97. The average molecular weight is 261 g/mol. The minimum absolute atomic E-state index is 0.00182. The maximum atomic E-state index is 10.9. The number of carbonyl (C=O) groups is 1. The molecule has 0 radical (unpaired) electrons. The second-order valence-electron chi connectivity index (χ2n) is 4.62. The van der Waals surface area contributed by atoms with Crippen molar-refractivity contribution in [3.8, 4) is 0 Å². The quantitative estimate of drug-likeness (QED) is 0.442. The van der Waals surface area contributed by atoms with Gasteiger partial charge in [-0.1, -0.05) is 51.9 Å². The van der Waals surface area contributed by atoms with Gasteiger partial charge in [-0.25, -0.2) is 0 Å². The van der Waals surface area contributed by atoms with Crippen LogP contribution in [-0.2, 0) is 9.36 Å². The minimum Gasteiger partial charge on any atom is -0.480 e. The third-order valence-electron chi connectivity index (χ3n) is 3.00. The van der Waals surface area contributed by atoms with E-state index in [0.717, 1.165) is 19.3 Å². The SMILES string of the molecule is CCCCCCCCCC(N)(CP=O)C(=O)O. The van der Waals surface area contributed by atoms with Crippen LogP contribution in [0.25, 0.3) is 0 Å². The molecule has 1 atom stereocenters. The van der Waals surface area contributed by atoms with Crippen LogP contribution in [0.4, 0.5) is 0 Å². The van der Waals surface area contributed by atoms with Crippen molar-refractivity contribution in [1.29, 1.82) is 0 Å². The lowest BCUT2D eigenvalue weighted by molar-refractivity contribution is -0.142. The zero-order chi connectivity index (χ0) is 13.1. The zero-order valence-corrected chi connectivity index (χ0v) is 11.5. The highest BCUT2D eigenvalue weighted by Gasteiger charge is 2.33. The van der Waals surface area contributed by atoms with E-state index in [1.54, 1.807) is 0 Å². The average Bonchev–Trinajstić information content (AvgIpc) is 2.28. The molecule has 0 heterocycles. The highest BCUT2D eigenvalue weighted by atomic mass is 31.1. The summed E-state index contributed by atoms with van der Waals surface area (Å²) in [6, 6.07) is 0. The van der Waals surface area contributed by atoms with E-state index in [1.807, 2.05) is 0 Å². The first-order valence-corrected chi connectivity index (χ1v) is 7.38. The van der Waals surface area contributed by atoms with Crippen LogP contribution in [0.3, 0.4) is 0 Å². The van der Waals surface area contributed by atoms with Crippen LogP contribution in [0.1, 0.15) is 58.3 Å². The van der Waals surface area contributed by atoms with Gasteiger partial charge in [0.25, 0.3) is 0 Å². The molecule has 5 heteroatoms. The van der Waals surface area contributed by atoms with E-state index in [4.69, 9.17) is 10.8 Å². The van der Waals surface area contributed by atoms with E-state index < -0.39 is 11.5 Å². The molecule has 0 fully saturated rings. The van der Waals surface area contributed by atoms with Gasteiger partial charge >= 0.3 is 5.97 Å². The molecule has 0 rings (SSSR count). The van der Waals surface area contributed by atoms with Crippen LogP contribution in [0.5, 0.6) is 0 Å². The van der Waals surface area contributed by atoms with Gasteiger partial charge in [0.15, 0.2) is 8.46 Å². The molecular weight excluding hydrogens is 237 g/mol. The van der Waals surface area contributed by atoms with Crippen molar-refractivity contribution in [2.45, 2.75) is 63.8 Å². The van der Waals surface area contributed by atoms with Gasteiger partial charge in [0, 0.05) is 0 Å². The first-order valence-electron chi connectivity index (χ1n) is 6.38. The topological polar surface area (TPSA) is 80.4 Å². The first-order chi connectivity index (χ1) is 8.06. The molecule has 100 valence electrons. The summed E-state index contributed by atoms with van der Waals surface area (Å²) in [5.74, 6) is -1.05. The fourth-order valence-corrected chi connectivity index (χ4v) is 2.29. The van der Waals surface area contributed by atoms with Gasteiger partial charge in [-0.05, 0) is 6.42 Å². The van der Waals surface area contributed by atoms with Crippen molar-refractivity contribution in [2.75, 3.05) is 6.16 Å². The van der Waals surface area contributed by atoms with Crippen molar-refractivity contribution >= 4 is 14.4 Å². The number of nitrogens with two attached hydrogens (primary N) is 1. The van der Waals surface area contributed by atoms with Crippen LogP contribution >= 0.6 is 8.46 Å². The normalized spacial score (nSPS) is 14.7. The third kappa shape index (κ3) is 7.45. The summed E-state index contributed by atoms with van der Waals surface area (Å²) in [7, 11) is -0.193. The van der Waals surface area contributed by atoms with Crippen molar-refractivity contribution in [2.24, 2.45) is 5.73 Å². The van der Waals surface area contributed by atoms with E-state index >= 15 is 0 Å². The van der Waals surface area contributed by atoms with Gasteiger partial charge in [0.05, 0.1) is 6.16 Å². The molecule has 0 spiro atoms. The molecule has 0 bridgehead atoms. The number of hydrogen-bond acceptors (Lipinski definition) is 3. The van der Waals surface area contributed by atoms with Crippen LogP contribution in [0, 0.1) is 0 Å². The molecule has 0 aromatic rings. The van der Waals surface area contributed by atoms with Crippen molar-refractivity contribution < 1.29 is 14.5 Å². The zero-order valence-electron chi connectivity index (χ0n) is 10.7. The standard InChI is InChI=1S/C12H24NO3P/c1-2-3-4-5-6-7-8-9-12(13,10-17-16)11(14)15/h2-10,13H2,1H3,(H,14,15). The molecule has 0 saturated heterocycles. The summed E-state index contributed by atoms with van der Waals surface area (Å²) < 4.78 is 10.5. The smallest absolute Gasteiger partial charge is 0.324 e. The Balaban J connectivity index is 3.69. The summed E-state index contributed by atoms with van der Waals surface area (Å²) in [6.45, 7) is 2.18. The Morgan fingerprint density at radius 2 is 1.71 bits per heavy atom. The van der Waals surface area contributed by atoms with Gasteiger partial charge in [0.1, 0.15) is 5.54 Å². The van der Waals surface area contributed by atoms with Crippen molar-refractivity contribution in [1.82, 2.24) is 0 Å². The first kappa shape index (κ1) is 16.5. The second-order valence-corrected chi connectivity index (χ2v) is 5.19. The molecule has 0 saturated carbocycles. The lowest BCUT2D eigenvalue weighted by Crippen LogP contribution is -2.49. The Morgan fingerprint density at radius 3 is 2.18 bits per heavy atom. The Morgan fingerprint density at radius 1 is 1.18 bits per heavy atom. The molecule has 0 aliphatic heterocycles. The monoisotopic (exact) mass is 261 g/mol. The predicted octanol–water partition coefficient (Wildman–Crippen LogP) is 3.20. The fraction of sp³-hybridized carbons (Fsp3) is 0.917. The van der Waals surface area contributed by atoms with Gasteiger partial charge in [-0.2, -0.15) is 0 Å². The minimum atomic E-state index is -1.31. The number of aliphatic carboxylic acids is 1. The van der Waals surface area contributed by atoms with E-state index in [2.05, 4.69) is 6.92 Å². The van der Waals surface area contributed by atoms with Gasteiger partial charge in [-0.15, -0.1) is 0 Å². The van der Waals surface area contributed by atoms with Gasteiger partial charge in [0.2, 0.25) is 0 Å². The molecule has 0 aliphatic carbocycles. The van der Waals surface area contributed by atoms with Crippen molar-refractivity contribution in [3.05, 3.63) is 0 Å². The number of carboxylic acids is 1. The highest BCUT2D eigenvalue weighted by molar-refractivity contribution is 7.23. The van der Waals surface area contributed by atoms with Crippen LogP contribution in [0.2, 0.25) is 0 Å². The highest BCUT2D eigenvalue weighted by Crippen LogP contribution is 2.18. The van der Waals surface area contributed by atoms with Gasteiger partial charge in [-0.3, -0.25) is 9.36 Å². The van der Waals surface area contributed by atoms with E-state index in [0.29, 0.717) is 6.42 Å². The molecule has 0 aliphatic rings. The molecule has 1 unspecified atom stereocenters. The van der Waals surface area contributed by atoms with E-state index in [-0.39, 0.29) is 14.6 Å². The summed E-state index contributed by atoms with van der Waals surface area (Å²) in [6.07, 6.45) is 8.30. The molecular formula is C12H24NO3P. The molecule has 0 amide bonds. The van der Waals surface area contributed by atoms with Crippen LogP contribution < -0.4 is 5.73 Å². The Kier molecular flexibility index (Phi) is 9.28. The maximum absolute atomic E-state index is 10.9. The second kappa shape index (κ2) is 9.55. The summed E-state index contributed by atoms with van der Waals surface area (Å²) in [5.41, 5.74) is 4.39. The molecule has 4 nitrogen and oxygen atoms in total. The summed E-state index contributed by atoms with van der Waals surface area (Å²) >= 11 is 0. The van der Waals surface area contributed by atoms with Crippen LogP contribution in [0.15, 0.2) is 0 Å². The summed E-state index contributed by atoms with van der Waals surface area (Å²) in [4.78, 5) is 10.9. The van der Waals surface area contributed by atoms with E-state index in [9.17, 15) is 9.36 Å². The molecule has 3 N–H and O–H groups in total. The van der Waals surface area contributed by atoms with Crippen LogP contribution in [-0.4, -0.2) is 22.8 Å². The number of rotatable bonds is 11. The lowest BCUT2D eigenvalue weighted by atomic mass is 9.95. The third-order valence-corrected chi connectivity index (χ3v) is 3.69. The molecule has 0 aromatic heterocycles. The van der Waals surface area contributed by atoms with Crippen molar-refractivity contribution in [3.63, 3.8) is 0 Å². The maximum Gasteiger partial charge on any atom is 0.324 e. The Labute approximate surface area is 105 Å². The molecule has 0 aromatic carbocycles. The number of unbranched alkanes of at least 4 members (excludes halogenated alkanes) is 6. The number of carboxylic acid groups (broad SMARTS) is 1.